The van der Waals surface area contributed by atoms with E-state index in [1.807, 2.05) is 37.3 Å². The first-order chi connectivity index (χ1) is 14.1. The monoisotopic (exact) mass is 398 g/mol. The molecular weight excluding hydrogens is 364 g/mol. The highest BCUT2D eigenvalue weighted by Crippen LogP contribution is 2.19. The molecule has 6 heteroatoms. The highest BCUT2D eigenvalue weighted by molar-refractivity contribution is 5.96. The summed E-state index contributed by atoms with van der Waals surface area (Å²) in [5.41, 5.74) is 1.83. The number of anilines is 1. The summed E-state index contributed by atoms with van der Waals surface area (Å²) in [5, 5.41) is 12.7. The Kier molecular flexibility index (Phi) is 9.96. The summed E-state index contributed by atoms with van der Waals surface area (Å²) in [6.07, 6.45) is 9.16. The number of amides is 2. The molecule has 2 amide bonds. The molecule has 158 valence electrons. The molecule has 0 spiro atoms. The first kappa shape index (κ1) is 22.7. The Balaban J connectivity index is 1.74. The zero-order valence-corrected chi connectivity index (χ0v) is 17.7. The Labute approximate surface area is 173 Å². The smallest absolute Gasteiger partial charge is 0.248 e. The molecule has 1 unspecified atom stereocenters. The lowest BCUT2D eigenvalue weighted by atomic mass is 10.1. The van der Waals surface area contributed by atoms with Gasteiger partial charge in [0.25, 0.3) is 0 Å². The van der Waals surface area contributed by atoms with Gasteiger partial charge in [0, 0.05) is 12.5 Å². The quantitative estimate of drug-likeness (QED) is 0.413. The first-order valence-electron chi connectivity index (χ1n) is 10.8. The zero-order valence-electron chi connectivity index (χ0n) is 17.7. The molecule has 0 aliphatic rings. The number of hydrogen-bond acceptors (Lipinski definition) is 3. The van der Waals surface area contributed by atoms with Gasteiger partial charge in [0.15, 0.2) is 5.82 Å². The number of carbonyl (C=O) groups excluding carboxylic acids is 2. The Morgan fingerprint density at radius 2 is 1.69 bits per heavy atom. The van der Waals surface area contributed by atoms with Crippen LogP contribution in [-0.4, -0.2) is 28.1 Å². The van der Waals surface area contributed by atoms with Crippen molar-refractivity contribution in [3.05, 3.63) is 36.4 Å². The van der Waals surface area contributed by atoms with Crippen LogP contribution < -0.4 is 10.6 Å². The van der Waals surface area contributed by atoms with Crippen molar-refractivity contribution in [3.8, 4) is 11.3 Å². The van der Waals surface area contributed by atoms with Crippen LogP contribution in [0.3, 0.4) is 0 Å². The van der Waals surface area contributed by atoms with Gasteiger partial charge in [-0.2, -0.15) is 5.10 Å². The van der Waals surface area contributed by atoms with E-state index in [-0.39, 0.29) is 11.8 Å². The number of aromatic amines is 1. The molecule has 0 saturated carbocycles. The average molecular weight is 399 g/mol. The van der Waals surface area contributed by atoms with Gasteiger partial charge in [-0.3, -0.25) is 14.7 Å². The van der Waals surface area contributed by atoms with Gasteiger partial charge in [0.2, 0.25) is 11.8 Å². The van der Waals surface area contributed by atoms with Crippen LogP contribution in [0.4, 0.5) is 5.82 Å². The predicted octanol–water partition coefficient (Wildman–Crippen LogP) is 5.05. The first-order valence-corrected chi connectivity index (χ1v) is 10.8. The molecule has 1 aromatic heterocycles. The summed E-state index contributed by atoms with van der Waals surface area (Å²) in [6, 6.07) is 11.0. The Hall–Kier alpha value is -2.63. The van der Waals surface area contributed by atoms with Crippen molar-refractivity contribution in [1.29, 1.82) is 0 Å². The second kappa shape index (κ2) is 12.8. The van der Waals surface area contributed by atoms with Crippen molar-refractivity contribution in [2.75, 3.05) is 5.32 Å². The van der Waals surface area contributed by atoms with Crippen molar-refractivity contribution in [1.82, 2.24) is 15.5 Å². The number of unbranched alkanes of at least 4 members (excludes halogenated alkanes) is 6. The molecular formula is C23H34N4O2. The van der Waals surface area contributed by atoms with Gasteiger partial charge in [0.05, 0.1) is 5.69 Å². The Morgan fingerprint density at radius 3 is 2.38 bits per heavy atom. The van der Waals surface area contributed by atoms with Gasteiger partial charge < -0.3 is 10.6 Å². The maximum atomic E-state index is 12.5. The van der Waals surface area contributed by atoms with Crippen LogP contribution in [0.5, 0.6) is 0 Å². The fourth-order valence-corrected chi connectivity index (χ4v) is 3.23. The molecule has 0 aliphatic heterocycles. The van der Waals surface area contributed by atoms with E-state index in [1.165, 1.54) is 32.1 Å². The largest absolute Gasteiger partial charge is 0.344 e. The summed E-state index contributed by atoms with van der Waals surface area (Å²) in [5.74, 6) is 0.146. The number of nitrogens with one attached hydrogen (secondary N) is 3. The molecule has 6 nitrogen and oxygen atoms in total. The predicted molar refractivity (Wildman–Crippen MR) is 117 cm³/mol. The van der Waals surface area contributed by atoms with Crippen molar-refractivity contribution in [3.63, 3.8) is 0 Å². The molecule has 1 heterocycles. The van der Waals surface area contributed by atoms with Gasteiger partial charge in [-0.1, -0.05) is 82.7 Å². The fraction of sp³-hybridized carbons (Fsp3) is 0.522. The highest BCUT2D eigenvalue weighted by atomic mass is 16.2. The van der Waals surface area contributed by atoms with E-state index in [0.717, 1.165) is 24.1 Å². The normalized spacial score (nSPS) is 11.8. The summed E-state index contributed by atoms with van der Waals surface area (Å²) in [7, 11) is 0. The number of nitrogens with zero attached hydrogens (tertiary/aromatic N) is 1. The number of carbonyl (C=O) groups is 2. The van der Waals surface area contributed by atoms with Crippen molar-refractivity contribution in [2.45, 2.75) is 77.7 Å². The van der Waals surface area contributed by atoms with Crippen molar-refractivity contribution >= 4 is 17.6 Å². The lowest BCUT2D eigenvalue weighted by Gasteiger charge is -2.16. The number of hydrogen-bond donors (Lipinski definition) is 3. The zero-order chi connectivity index (χ0) is 20.9. The second-order valence-corrected chi connectivity index (χ2v) is 7.42. The van der Waals surface area contributed by atoms with E-state index < -0.39 is 6.04 Å². The third-order valence-corrected chi connectivity index (χ3v) is 4.98. The van der Waals surface area contributed by atoms with E-state index in [2.05, 4.69) is 27.8 Å². The van der Waals surface area contributed by atoms with Crippen LogP contribution in [0.25, 0.3) is 11.3 Å². The third kappa shape index (κ3) is 8.10. The molecule has 2 rings (SSSR count). The molecule has 0 radical (unpaired) electrons. The summed E-state index contributed by atoms with van der Waals surface area (Å²) < 4.78 is 0. The molecule has 0 fully saturated rings. The third-order valence-electron chi connectivity index (χ3n) is 4.98. The van der Waals surface area contributed by atoms with Crippen molar-refractivity contribution in [2.24, 2.45) is 0 Å². The standard InChI is InChI=1S/C23H34N4O2/c1-3-5-6-7-8-9-13-16-22(28)24-19(4-2)23(29)25-21-17-20(26-27-21)18-14-11-10-12-15-18/h10-12,14-15,17,19H,3-9,13,16H2,1-2H3,(H,24,28)(H2,25,26,27,29). The lowest BCUT2D eigenvalue weighted by Crippen LogP contribution is -2.43. The number of rotatable bonds is 13. The minimum atomic E-state index is -0.552. The van der Waals surface area contributed by atoms with Crippen LogP contribution >= 0.6 is 0 Å². The SMILES string of the molecule is CCCCCCCCCC(=O)NC(CC)C(=O)Nc1cc(-c2ccccc2)[nH]n1. The van der Waals surface area contributed by atoms with Crippen LogP contribution in [-0.2, 0) is 9.59 Å². The van der Waals surface area contributed by atoms with Crippen LogP contribution in [0, 0.1) is 0 Å². The fourth-order valence-electron chi connectivity index (χ4n) is 3.23. The summed E-state index contributed by atoms with van der Waals surface area (Å²) in [4.78, 5) is 24.7. The van der Waals surface area contributed by atoms with Gasteiger partial charge >= 0.3 is 0 Å². The average Bonchev–Trinajstić information content (AvgIpc) is 3.20. The maximum Gasteiger partial charge on any atom is 0.248 e. The van der Waals surface area contributed by atoms with E-state index in [0.29, 0.717) is 18.7 Å². The van der Waals surface area contributed by atoms with E-state index in [9.17, 15) is 9.59 Å². The summed E-state index contributed by atoms with van der Waals surface area (Å²) in [6.45, 7) is 4.09. The van der Waals surface area contributed by atoms with Gasteiger partial charge in [-0.05, 0) is 18.4 Å². The number of benzene rings is 1. The van der Waals surface area contributed by atoms with Gasteiger partial charge in [-0.25, -0.2) is 0 Å². The van der Waals surface area contributed by atoms with E-state index in [4.69, 9.17) is 0 Å². The topological polar surface area (TPSA) is 86.9 Å². The highest BCUT2D eigenvalue weighted by Gasteiger charge is 2.19. The number of H-pyrrole nitrogens is 1. The minimum absolute atomic E-state index is 0.0624. The van der Waals surface area contributed by atoms with Gasteiger partial charge in [0.1, 0.15) is 6.04 Å². The molecule has 29 heavy (non-hydrogen) atoms. The Morgan fingerprint density at radius 1 is 1.00 bits per heavy atom. The maximum absolute atomic E-state index is 12.5. The van der Waals surface area contributed by atoms with Crippen molar-refractivity contribution < 1.29 is 9.59 Å². The van der Waals surface area contributed by atoms with E-state index >= 15 is 0 Å². The van der Waals surface area contributed by atoms with Crippen LogP contribution in [0.2, 0.25) is 0 Å². The van der Waals surface area contributed by atoms with Gasteiger partial charge in [-0.15, -0.1) is 0 Å². The second-order valence-electron chi connectivity index (χ2n) is 7.42. The molecule has 3 N–H and O–H groups in total. The van der Waals surface area contributed by atoms with E-state index in [1.54, 1.807) is 6.07 Å². The molecule has 0 saturated heterocycles. The molecule has 0 aliphatic carbocycles. The summed E-state index contributed by atoms with van der Waals surface area (Å²) >= 11 is 0. The van der Waals surface area contributed by atoms with Crippen LogP contribution in [0.1, 0.15) is 71.6 Å². The van der Waals surface area contributed by atoms with Crippen LogP contribution in [0.15, 0.2) is 36.4 Å². The molecule has 1 aromatic carbocycles. The lowest BCUT2D eigenvalue weighted by molar-refractivity contribution is -0.126. The Bertz CT molecular complexity index is 742. The molecule has 1 atom stereocenters. The minimum Gasteiger partial charge on any atom is -0.344 e. The molecule has 0 bridgehead atoms. The number of aromatic nitrogens is 2. The molecule has 2 aromatic rings.